The quantitative estimate of drug-likeness (QED) is 0.550. The predicted molar refractivity (Wildman–Crippen MR) is 129 cm³/mol. The van der Waals surface area contributed by atoms with Crippen molar-refractivity contribution in [2.24, 2.45) is 5.92 Å². The van der Waals surface area contributed by atoms with E-state index in [4.69, 9.17) is 0 Å². The lowest BCUT2D eigenvalue weighted by atomic mass is 9.79. The maximum absolute atomic E-state index is 12.2. The number of nitrogens with zero attached hydrogens (tertiary/aromatic N) is 1. The van der Waals surface area contributed by atoms with Gasteiger partial charge in [-0.25, -0.2) is 0 Å². The average molecular weight is 413 g/mol. The molecule has 1 aliphatic heterocycles. The normalized spacial score (nSPS) is 19.3. The Morgan fingerprint density at radius 2 is 1.81 bits per heavy atom. The molecule has 31 heavy (non-hydrogen) atoms. The zero-order chi connectivity index (χ0) is 21.2. The molecule has 1 fully saturated rings. The predicted octanol–water partition coefficient (Wildman–Crippen LogP) is 6.25. The number of pyridine rings is 1. The number of rotatable bonds is 4. The van der Waals surface area contributed by atoms with Crippen molar-refractivity contribution in [2.75, 3.05) is 13.1 Å². The Kier molecular flexibility index (Phi) is 5.78. The molecule has 2 aliphatic rings. The summed E-state index contributed by atoms with van der Waals surface area (Å²) in [5.41, 5.74) is 5.94. The summed E-state index contributed by atoms with van der Waals surface area (Å²) < 4.78 is 0. The number of aromatic nitrogens is 1. The molecule has 160 valence electrons. The molecule has 3 nitrogen and oxygen atoms in total. The smallest absolute Gasteiger partial charge is 0.251 e. The van der Waals surface area contributed by atoms with E-state index in [1.807, 2.05) is 13.0 Å². The van der Waals surface area contributed by atoms with E-state index in [1.54, 1.807) is 0 Å². The van der Waals surface area contributed by atoms with Gasteiger partial charge in [0, 0.05) is 30.2 Å². The van der Waals surface area contributed by atoms with E-state index in [1.165, 1.54) is 48.8 Å². The highest BCUT2D eigenvalue weighted by molar-refractivity contribution is 5.79. The molecule has 0 saturated heterocycles. The third-order valence-electron chi connectivity index (χ3n) is 7.27. The number of fused-ring (bicyclic) bond motifs is 1. The minimum absolute atomic E-state index is 0.0206. The molecule has 0 spiro atoms. The Balaban J connectivity index is 1.48. The number of nitrogens with one attached hydrogen (secondary N) is 1. The third-order valence-corrected chi connectivity index (χ3v) is 7.27. The van der Waals surface area contributed by atoms with Crippen LogP contribution in [0.15, 0.2) is 65.5 Å². The van der Waals surface area contributed by atoms with Crippen LogP contribution in [0.2, 0.25) is 0 Å². The third kappa shape index (κ3) is 4.24. The van der Waals surface area contributed by atoms with Gasteiger partial charge >= 0.3 is 0 Å². The molecule has 5 rings (SSSR count). The molecule has 1 N–H and O–H groups in total. The summed E-state index contributed by atoms with van der Waals surface area (Å²) in [6, 6.07) is 20.0. The topological polar surface area (TPSA) is 36.1 Å². The van der Waals surface area contributed by atoms with Gasteiger partial charge in [-0.3, -0.25) is 9.69 Å². The van der Waals surface area contributed by atoms with Gasteiger partial charge < -0.3 is 4.98 Å². The van der Waals surface area contributed by atoms with Crippen molar-refractivity contribution in [1.29, 1.82) is 0 Å². The van der Waals surface area contributed by atoms with Crippen molar-refractivity contribution in [1.82, 2.24) is 9.88 Å². The Labute approximate surface area is 184 Å². The first-order valence-corrected chi connectivity index (χ1v) is 11.8. The van der Waals surface area contributed by atoms with Crippen LogP contribution in [0.5, 0.6) is 0 Å². The van der Waals surface area contributed by atoms with Crippen LogP contribution in [-0.4, -0.2) is 23.0 Å². The van der Waals surface area contributed by atoms with E-state index >= 15 is 0 Å². The second-order valence-corrected chi connectivity index (χ2v) is 9.31. The molecular formula is C28H32N2O. The van der Waals surface area contributed by atoms with Crippen LogP contribution in [-0.2, 0) is 0 Å². The minimum Gasteiger partial charge on any atom is -0.322 e. The van der Waals surface area contributed by atoms with Gasteiger partial charge in [-0.05, 0) is 66.3 Å². The molecule has 0 radical (unpaired) electrons. The molecule has 1 atom stereocenters. The van der Waals surface area contributed by atoms with Crippen LogP contribution >= 0.6 is 0 Å². The van der Waals surface area contributed by atoms with Gasteiger partial charge in [0.1, 0.15) is 0 Å². The lowest BCUT2D eigenvalue weighted by molar-refractivity contribution is 0.128. The Hall–Kier alpha value is -2.65. The maximum Gasteiger partial charge on any atom is 0.251 e. The van der Waals surface area contributed by atoms with Crippen molar-refractivity contribution in [3.05, 3.63) is 87.7 Å². The molecular weight excluding hydrogens is 380 g/mol. The van der Waals surface area contributed by atoms with Crippen LogP contribution < -0.4 is 5.56 Å². The monoisotopic (exact) mass is 412 g/mol. The molecule has 0 bridgehead atoms. The Morgan fingerprint density at radius 3 is 2.55 bits per heavy atom. The maximum atomic E-state index is 12.2. The van der Waals surface area contributed by atoms with Crippen LogP contribution in [0.1, 0.15) is 61.3 Å². The summed E-state index contributed by atoms with van der Waals surface area (Å²) in [5.74, 6) is 0.690. The molecule has 1 unspecified atom stereocenters. The summed E-state index contributed by atoms with van der Waals surface area (Å²) in [4.78, 5) is 18.0. The number of H-pyrrole nitrogens is 1. The second-order valence-electron chi connectivity index (χ2n) is 9.31. The first-order valence-electron chi connectivity index (χ1n) is 11.8. The first kappa shape index (κ1) is 20.3. The van der Waals surface area contributed by atoms with Gasteiger partial charge in [0.15, 0.2) is 0 Å². The molecule has 0 amide bonds. The van der Waals surface area contributed by atoms with E-state index in [0.717, 1.165) is 36.0 Å². The molecule has 2 aromatic carbocycles. The number of aryl methyl sites for hydroxylation is 1. The lowest BCUT2D eigenvalue weighted by Crippen LogP contribution is -2.37. The van der Waals surface area contributed by atoms with E-state index < -0.39 is 0 Å². The van der Waals surface area contributed by atoms with Gasteiger partial charge in [-0.2, -0.15) is 0 Å². The highest BCUT2D eigenvalue weighted by Gasteiger charge is 2.31. The van der Waals surface area contributed by atoms with Crippen molar-refractivity contribution >= 4 is 16.5 Å². The zero-order valence-corrected chi connectivity index (χ0v) is 18.4. The zero-order valence-electron chi connectivity index (χ0n) is 18.4. The number of benzene rings is 2. The number of hydrogen-bond donors (Lipinski definition) is 1. The van der Waals surface area contributed by atoms with E-state index in [9.17, 15) is 4.79 Å². The standard InChI is InChI=1S/C28H32N2O/c1-20-18-24-12-13-25(19-26(24)29-28(20)31)27(23-10-6-3-7-11-23)30-16-14-22(15-17-30)21-8-4-2-5-9-21/h2,4-5,8-9,12-14,18-19,23,27H,3,6-7,10-11,15-17H2,1H3,(H,29,31). The highest BCUT2D eigenvalue weighted by Crippen LogP contribution is 2.40. The number of aromatic amines is 1. The minimum atomic E-state index is 0.0206. The summed E-state index contributed by atoms with van der Waals surface area (Å²) in [5, 5.41) is 1.12. The van der Waals surface area contributed by atoms with Gasteiger partial charge in [0.25, 0.3) is 5.56 Å². The van der Waals surface area contributed by atoms with Crippen LogP contribution in [0.4, 0.5) is 0 Å². The van der Waals surface area contributed by atoms with Gasteiger partial charge in [0.05, 0.1) is 0 Å². The molecule has 3 aromatic rings. The highest BCUT2D eigenvalue weighted by atomic mass is 16.1. The Morgan fingerprint density at radius 1 is 1.00 bits per heavy atom. The Bertz CT molecular complexity index is 1140. The van der Waals surface area contributed by atoms with Crippen molar-refractivity contribution in [2.45, 2.75) is 51.5 Å². The summed E-state index contributed by atoms with van der Waals surface area (Å²) >= 11 is 0. The first-order chi connectivity index (χ1) is 15.2. The fourth-order valence-corrected chi connectivity index (χ4v) is 5.59. The fraction of sp³-hybridized carbons (Fsp3) is 0.393. The summed E-state index contributed by atoms with van der Waals surface area (Å²) in [6.45, 7) is 3.96. The molecule has 1 saturated carbocycles. The van der Waals surface area contributed by atoms with Crippen molar-refractivity contribution in [3.63, 3.8) is 0 Å². The largest absolute Gasteiger partial charge is 0.322 e. The van der Waals surface area contributed by atoms with Crippen LogP contribution in [0, 0.1) is 12.8 Å². The second kappa shape index (κ2) is 8.84. The summed E-state index contributed by atoms with van der Waals surface area (Å²) in [6.07, 6.45) is 10.2. The van der Waals surface area contributed by atoms with Gasteiger partial charge in [0.2, 0.25) is 0 Å². The van der Waals surface area contributed by atoms with E-state index in [-0.39, 0.29) is 5.56 Å². The summed E-state index contributed by atoms with van der Waals surface area (Å²) in [7, 11) is 0. The lowest BCUT2D eigenvalue weighted by Gasteiger charge is -2.40. The molecule has 2 heterocycles. The van der Waals surface area contributed by atoms with Crippen LogP contribution in [0.25, 0.3) is 16.5 Å². The van der Waals surface area contributed by atoms with E-state index in [0.29, 0.717) is 12.0 Å². The molecule has 3 heteroatoms. The number of hydrogen-bond acceptors (Lipinski definition) is 2. The molecule has 1 aromatic heterocycles. The van der Waals surface area contributed by atoms with Crippen molar-refractivity contribution < 1.29 is 0 Å². The SMILES string of the molecule is Cc1cc2ccc(C(C3CCCCC3)N3CC=C(c4ccccc4)CC3)cc2[nH]c1=O. The fourth-order valence-electron chi connectivity index (χ4n) is 5.59. The van der Waals surface area contributed by atoms with Crippen molar-refractivity contribution in [3.8, 4) is 0 Å². The van der Waals surface area contributed by atoms with E-state index in [2.05, 4.69) is 64.5 Å². The van der Waals surface area contributed by atoms with Crippen LogP contribution in [0.3, 0.4) is 0 Å². The average Bonchev–Trinajstić information content (AvgIpc) is 2.82. The van der Waals surface area contributed by atoms with Gasteiger partial charge in [-0.1, -0.05) is 67.8 Å². The molecule has 1 aliphatic carbocycles. The van der Waals surface area contributed by atoms with Gasteiger partial charge in [-0.15, -0.1) is 0 Å².